The lowest BCUT2D eigenvalue weighted by atomic mass is 10.1. The van der Waals surface area contributed by atoms with E-state index in [9.17, 15) is 0 Å². The van der Waals surface area contributed by atoms with Gasteiger partial charge >= 0.3 is 0 Å². The number of para-hydroxylation sites is 2. The van der Waals surface area contributed by atoms with Crippen molar-refractivity contribution in [3.63, 3.8) is 0 Å². The van der Waals surface area contributed by atoms with E-state index < -0.39 is 0 Å². The van der Waals surface area contributed by atoms with Gasteiger partial charge in [-0.2, -0.15) is 0 Å². The second kappa shape index (κ2) is 7.24. The summed E-state index contributed by atoms with van der Waals surface area (Å²) in [5.41, 5.74) is 10.6. The molecule has 4 heterocycles. The summed E-state index contributed by atoms with van der Waals surface area (Å²) in [5.74, 6) is 0. The highest BCUT2D eigenvalue weighted by Crippen LogP contribution is 2.29. The maximum absolute atomic E-state index is 4.89. The molecule has 3 nitrogen and oxygen atoms in total. The van der Waals surface area contributed by atoms with Crippen LogP contribution >= 0.6 is 0 Å². The number of benzene rings is 2. The van der Waals surface area contributed by atoms with E-state index in [4.69, 9.17) is 9.97 Å². The van der Waals surface area contributed by atoms with Crippen LogP contribution in [0.15, 0.2) is 115 Å². The molecule has 0 atom stereocenters. The van der Waals surface area contributed by atoms with Crippen LogP contribution in [0.4, 0.5) is 0 Å². The summed E-state index contributed by atoms with van der Waals surface area (Å²) in [6, 6.07) is 24.9. The van der Waals surface area contributed by atoms with Crippen molar-refractivity contribution < 1.29 is 0 Å². The van der Waals surface area contributed by atoms with Crippen LogP contribution in [0, 0.1) is 0 Å². The van der Waals surface area contributed by atoms with E-state index in [-0.39, 0.29) is 0 Å². The minimum absolute atomic E-state index is 0.788. The van der Waals surface area contributed by atoms with Crippen molar-refractivity contribution in [1.82, 2.24) is 14.9 Å². The lowest BCUT2D eigenvalue weighted by Gasteiger charge is -2.21. The summed E-state index contributed by atoms with van der Waals surface area (Å²) < 4.78 is 0. The van der Waals surface area contributed by atoms with Crippen LogP contribution in [0.3, 0.4) is 0 Å². The Morgan fingerprint density at radius 3 is 2.13 bits per heavy atom. The number of pyridine rings is 2. The first-order valence-electron chi connectivity index (χ1n) is 10.4. The number of rotatable bonds is 2. The monoisotopic (exact) mass is 397 g/mol. The lowest BCUT2D eigenvalue weighted by Crippen LogP contribution is -2.11. The van der Waals surface area contributed by atoms with Gasteiger partial charge in [-0.15, -0.1) is 0 Å². The fraction of sp³-hybridized carbons (Fsp3) is 0.0357. The summed E-state index contributed by atoms with van der Waals surface area (Å²) in [5, 5.41) is 2.30. The first-order valence-corrected chi connectivity index (χ1v) is 10.4. The number of aromatic nitrogens is 2. The van der Waals surface area contributed by atoms with Crippen molar-refractivity contribution in [2.24, 2.45) is 0 Å². The van der Waals surface area contributed by atoms with Crippen molar-refractivity contribution in [1.29, 1.82) is 0 Å². The van der Waals surface area contributed by atoms with Gasteiger partial charge in [0.25, 0.3) is 0 Å². The zero-order valence-electron chi connectivity index (χ0n) is 16.9. The van der Waals surface area contributed by atoms with Gasteiger partial charge in [-0.1, -0.05) is 54.3 Å². The molecule has 0 saturated carbocycles. The van der Waals surface area contributed by atoms with Crippen LogP contribution < -0.4 is 0 Å². The van der Waals surface area contributed by atoms with Gasteiger partial charge < -0.3 is 4.90 Å². The van der Waals surface area contributed by atoms with Gasteiger partial charge in [-0.05, 0) is 48.1 Å². The molecule has 4 aromatic rings. The van der Waals surface area contributed by atoms with Gasteiger partial charge in [-0.25, -0.2) is 9.97 Å². The molecule has 0 radical (unpaired) electrons. The van der Waals surface area contributed by atoms with E-state index in [2.05, 4.69) is 89.8 Å². The zero-order chi connectivity index (χ0) is 20.6. The summed E-state index contributed by atoms with van der Waals surface area (Å²) in [6.45, 7) is 0. The molecule has 146 valence electrons. The molecule has 0 amide bonds. The van der Waals surface area contributed by atoms with Gasteiger partial charge in [0.1, 0.15) is 0 Å². The summed E-state index contributed by atoms with van der Waals surface area (Å²) in [4.78, 5) is 11.9. The minimum atomic E-state index is 0.788. The van der Waals surface area contributed by atoms with Crippen LogP contribution in [0.2, 0.25) is 0 Å². The molecule has 0 aliphatic carbocycles. The van der Waals surface area contributed by atoms with E-state index in [0.717, 1.165) is 56.5 Å². The molecule has 0 N–H and O–H groups in total. The van der Waals surface area contributed by atoms with Crippen LogP contribution in [0.5, 0.6) is 0 Å². The van der Waals surface area contributed by atoms with E-state index >= 15 is 0 Å². The molecule has 0 fully saturated rings. The second-order valence-electron chi connectivity index (χ2n) is 7.70. The highest BCUT2D eigenvalue weighted by molar-refractivity contribution is 5.84. The third kappa shape index (κ3) is 3.28. The number of nitrogens with zero attached hydrogens (tertiary/aromatic N) is 3. The molecule has 0 spiro atoms. The molecule has 2 aliphatic rings. The molecule has 0 bridgehead atoms. The molecule has 3 heteroatoms. The Labute approximate surface area is 180 Å². The molecule has 6 rings (SSSR count). The molecule has 2 aromatic heterocycles. The Balaban J connectivity index is 1.40. The van der Waals surface area contributed by atoms with E-state index in [0.29, 0.717) is 0 Å². The predicted molar refractivity (Wildman–Crippen MR) is 127 cm³/mol. The normalized spacial score (nSPS) is 15.4. The SMILES string of the molecule is C1=CCC(c2ccc3ccccc3n2)=CN2C=C(c3ccc4ccccc4n3)C=CC=12. The third-order valence-electron chi connectivity index (χ3n) is 5.67. The molecular weight excluding hydrogens is 378 g/mol. The van der Waals surface area contributed by atoms with Crippen LogP contribution in [0.1, 0.15) is 17.8 Å². The van der Waals surface area contributed by atoms with Crippen molar-refractivity contribution in [2.75, 3.05) is 0 Å². The maximum Gasteiger partial charge on any atom is 0.0877 e. The fourth-order valence-corrected chi connectivity index (χ4v) is 4.03. The maximum atomic E-state index is 4.89. The average Bonchev–Trinajstić information content (AvgIpc) is 3.05. The van der Waals surface area contributed by atoms with Gasteiger partial charge in [0.15, 0.2) is 0 Å². The first-order chi connectivity index (χ1) is 15.3. The van der Waals surface area contributed by atoms with Crippen LogP contribution in [-0.2, 0) is 0 Å². The summed E-state index contributed by atoms with van der Waals surface area (Å²) in [7, 11) is 0. The van der Waals surface area contributed by atoms with E-state index in [1.807, 2.05) is 24.3 Å². The third-order valence-corrected chi connectivity index (χ3v) is 5.67. The molecule has 0 saturated heterocycles. The van der Waals surface area contributed by atoms with Crippen LogP contribution in [0.25, 0.3) is 33.0 Å². The Bertz CT molecular complexity index is 1500. The van der Waals surface area contributed by atoms with Gasteiger partial charge in [0.05, 0.1) is 28.1 Å². The van der Waals surface area contributed by atoms with Crippen molar-refractivity contribution >= 4 is 33.0 Å². The number of hydrogen-bond acceptors (Lipinski definition) is 3. The summed E-state index contributed by atoms with van der Waals surface area (Å²) >= 11 is 0. The first kappa shape index (κ1) is 17.6. The summed E-state index contributed by atoms with van der Waals surface area (Å²) in [6.07, 6.45) is 11.4. The Hall–Kier alpha value is -4.20. The van der Waals surface area contributed by atoms with Crippen LogP contribution in [-0.4, -0.2) is 14.9 Å². The smallest absolute Gasteiger partial charge is 0.0877 e. The average molecular weight is 397 g/mol. The van der Waals surface area contributed by atoms with Gasteiger partial charge in [0.2, 0.25) is 0 Å². The largest absolute Gasteiger partial charge is 0.316 e. The zero-order valence-corrected chi connectivity index (χ0v) is 16.9. The topological polar surface area (TPSA) is 29.0 Å². The standard InChI is InChI=1S/C28H19N3/c1-3-10-25-20(6-1)13-16-27(29-25)22-8-5-9-24-15-12-23(19-31(24)18-22)28-17-14-21-7-2-4-11-26(21)30-28/h1-7,10-19H,8H2. The lowest BCUT2D eigenvalue weighted by molar-refractivity contribution is 0.652. The molecule has 2 aromatic carbocycles. The second-order valence-corrected chi connectivity index (χ2v) is 7.70. The molecule has 2 aliphatic heterocycles. The quantitative estimate of drug-likeness (QED) is 0.363. The fourth-order valence-electron chi connectivity index (χ4n) is 4.03. The molecule has 0 unspecified atom stereocenters. The number of fused-ring (bicyclic) bond motifs is 3. The van der Waals surface area contributed by atoms with E-state index in [1.165, 1.54) is 0 Å². The van der Waals surface area contributed by atoms with Crippen molar-refractivity contribution in [3.8, 4) is 0 Å². The number of allylic oxidation sites excluding steroid dienone is 4. The van der Waals surface area contributed by atoms with Gasteiger partial charge in [0, 0.05) is 35.2 Å². The Morgan fingerprint density at radius 2 is 1.35 bits per heavy atom. The molecular formula is C28H19N3. The Morgan fingerprint density at radius 1 is 0.677 bits per heavy atom. The Kier molecular flexibility index (Phi) is 4.12. The van der Waals surface area contributed by atoms with E-state index in [1.54, 1.807) is 0 Å². The predicted octanol–water partition coefficient (Wildman–Crippen LogP) is 6.48. The number of hydrogen-bond donors (Lipinski definition) is 0. The molecule has 31 heavy (non-hydrogen) atoms. The van der Waals surface area contributed by atoms with Crippen molar-refractivity contribution in [3.05, 3.63) is 126 Å². The van der Waals surface area contributed by atoms with Crippen molar-refractivity contribution in [2.45, 2.75) is 6.42 Å². The highest BCUT2D eigenvalue weighted by atomic mass is 15.1. The highest BCUT2D eigenvalue weighted by Gasteiger charge is 2.15. The van der Waals surface area contributed by atoms with Gasteiger partial charge in [-0.3, -0.25) is 0 Å². The minimum Gasteiger partial charge on any atom is -0.316 e.